The first kappa shape index (κ1) is 24.3. The molecule has 0 aliphatic rings. The van der Waals surface area contributed by atoms with Gasteiger partial charge in [0.1, 0.15) is 0 Å². The summed E-state index contributed by atoms with van der Waals surface area (Å²) < 4.78 is 3.20. The third kappa shape index (κ3) is 5.09. The summed E-state index contributed by atoms with van der Waals surface area (Å²) in [7, 11) is 0. The molecule has 0 radical (unpaired) electrons. The molecular weight excluding hydrogens is 480 g/mol. The zero-order valence-electron chi connectivity index (χ0n) is 20.6. The van der Waals surface area contributed by atoms with Gasteiger partial charge in [0.2, 0.25) is 11.6 Å². The first-order valence-electron chi connectivity index (χ1n) is 11.7. The van der Waals surface area contributed by atoms with Crippen LogP contribution in [0.2, 0.25) is 0 Å². The molecule has 0 aliphatic heterocycles. The van der Waals surface area contributed by atoms with Crippen molar-refractivity contribution in [1.29, 1.82) is 0 Å². The molecule has 0 atom stereocenters. The Bertz CT molecular complexity index is 1530. The number of pyridine rings is 2. The lowest BCUT2D eigenvalue weighted by molar-refractivity contribution is 0.103. The topological polar surface area (TPSA) is 121 Å². The summed E-state index contributed by atoms with van der Waals surface area (Å²) in [6.45, 7) is 3.58. The molecule has 1 aromatic carbocycles. The molecule has 0 saturated heterocycles. The summed E-state index contributed by atoms with van der Waals surface area (Å²) in [5, 5.41) is 16.5. The van der Waals surface area contributed by atoms with Crippen LogP contribution in [0.5, 0.6) is 0 Å². The summed E-state index contributed by atoms with van der Waals surface area (Å²) in [5.41, 5.74) is 4.97. The Morgan fingerprint density at radius 3 is 1.34 bits per heavy atom. The summed E-state index contributed by atoms with van der Waals surface area (Å²) in [6, 6.07) is 14.6. The van der Waals surface area contributed by atoms with E-state index < -0.39 is 0 Å². The monoisotopic (exact) mass is 502 g/mol. The molecule has 186 valence electrons. The molecule has 10 nitrogen and oxygen atoms in total. The van der Waals surface area contributed by atoms with Gasteiger partial charge in [-0.1, -0.05) is 22.6 Å². The standard InChI is InChI=1S/C28H22N8O2/c1-19-27(25(37)9-3-21-11-15-29-16-12-21)31-33-35(19)23-5-7-24(8-6-23)36-20(2)28(32-34-36)26(38)10-4-22-13-17-30-18-14-22/h3-18H,1-2H3/b9-3+,10-4+. The van der Waals surface area contributed by atoms with Crippen molar-refractivity contribution in [3.63, 3.8) is 0 Å². The van der Waals surface area contributed by atoms with Crippen molar-refractivity contribution in [3.8, 4) is 11.4 Å². The first-order valence-corrected chi connectivity index (χ1v) is 11.7. The van der Waals surface area contributed by atoms with E-state index in [1.165, 1.54) is 12.2 Å². The molecule has 0 unspecified atom stereocenters. The van der Waals surface area contributed by atoms with Crippen LogP contribution in [0.1, 0.15) is 43.5 Å². The van der Waals surface area contributed by atoms with Crippen LogP contribution in [-0.2, 0) is 0 Å². The van der Waals surface area contributed by atoms with E-state index in [9.17, 15) is 9.59 Å². The average Bonchev–Trinajstić information content (AvgIpc) is 3.54. The van der Waals surface area contributed by atoms with Gasteiger partial charge in [0, 0.05) is 24.8 Å². The molecule has 0 spiro atoms. The van der Waals surface area contributed by atoms with Crippen molar-refractivity contribution < 1.29 is 9.59 Å². The minimum atomic E-state index is -0.240. The Labute approximate surface area is 218 Å². The summed E-state index contributed by atoms with van der Waals surface area (Å²) in [5.74, 6) is -0.480. The normalized spacial score (nSPS) is 11.4. The maximum absolute atomic E-state index is 12.7. The van der Waals surface area contributed by atoms with Gasteiger partial charge >= 0.3 is 0 Å². The highest BCUT2D eigenvalue weighted by Gasteiger charge is 2.17. The van der Waals surface area contributed by atoms with Gasteiger partial charge in [-0.2, -0.15) is 0 Å². The zero-order chi connectivity index (χ0) is 26.5. The van der Waals surface area contributed by atoms with E-state index in [2.05, 4.69) is 30.6 Å². The Morgan fingerprint density at radius 1 is 0.605 bits per heavy atom. The fourth-order valence-corrected chi connectivity index (χ4v) is 3.79. The van der Waals surface area contributed by atoms with Crippen LogP contribution in [-0.4, -0.2) is 51.5 Å². The number of hydrogen-bond acceptors (Lipinski definition) is 8. The minimum Gasteiger partial charge on any atom is -0.287 e. The van der Waals surface area contributed by atoms with Crippen LogP contribution in [0, 0.1) is 13.8 Å². The lowest BCUT2D eigenvalue weighted by Crippen LogP contribution is -2.04. The Hall–Kier alpha value is -5.38. The number of hydrogen-bond donors (Lipinski definition) is 0. The third-order valence-corrected chi connectivity index (χ3v) is 5.86. The number of carbonyl (C=O) groups excluding carboxylic acids is 2. The lowest BCUT2D eigenvalue weighted by atomic mass is 10.1. The number of rotatable bonds is 8. The van der Waals surface area contributed by atoms with E-state index in [0.29, 0.717) is 11.4 Å². The number of nitrogens with zero attached hydrogens (tertiary/aromatic N) is 8. The quantitative estimate of drug-likeness (QED) is 0.230. The maximum Gasteiger partial charge on any atom is 0.208 e. The molecule has 0 aliphatic carbocycles. The molecule has 0 amide bonds. The van der Waals surface area contributed by atoms with Crippen LogP contribution < -0.4 is 0 Å². The van der Waals surface area contributed by atoms with Crippen LogP contribution >= 0.6 is 0 Å². The van der Waals surface area contributed by atoms with Crippen molar-refractivity contribution in [2.45, 2.75) is 13.8 Å². The number of benzene rings is 1. The number of ketones is 2. The highest BCUT2D eigenvalue weighted by Crippen LogP contribution is 2.18. The van der Waals surface area contributed by atoms with Gasteiger partial charge in [-0.25, -0.2) is 9.36 Å². The fraction of sp³-hybridized carbons (Fsp3) is 0.0714. The summed E-state index contributed by atoms with van der Waals surface area (Å²) in [6.07, 6.45) is 13.0. The van der Waals surface area contributed by atoms with Crippen LogP contribution in [0.4, 0.5) is 0 Å². The van der Waals surface area contributed by atoms with Gasteiger partial charge in [0.05, 0.1) is 22.8 Å². The predicted octanol–water partition coefficient (Wildman–Crippen LogP) is 4.05. The first-order chi connectivity index (χ1) is 18.5. The number of aromatic nitrogens is 8. The molecule has 0 fully saturated rings. The molecule has 10 heteroatoms. The van der Waals surface area contributed by atoms with E-state index in [1.54, 1.807) is 60.2 Å². The Kier molecular flexibility index (Phi) is 6.85. The molecule has 5 aromatic rings. The van der Waals surface area contributed by atoms with Crippen LogP contribution in [0.25, 0.3) is 23.5 Å². The van der Waals surface area contributed by atoms with E-state index >= 15 is 0 Å². The zero-order valence-corrected chi connectivity index (χ0v) is 20.6. The Morgan fingerprint density at radius 2 is 0.974 bits per heavy atom. The minimum absolute atomic E-state index is 0.240. The largest absolute Gasteiger partial charge is 0.287 e. The molecule has 0 N–H and O–H groups in total. The predicted molar refractivity (Wildman–Crippen MR) is 141 cm³/mol. The molecule has 4 aromatic heterocycles. The fourth-order valence-electron chi connectivity index (χ4n) is 3.79. The van der Waals surface area contributed by atoms with Crippen molar-refractivity contribution in [2.24, 2.45) is 0 Å². The second kappa shape index (κ2) is 10.7. The number of allylic oxidation sites excluding steroid dienone is 2. The van der Waals surface area contributed by atoms with Gasteiger partial charge < -0.3 is 0 Å². The second-order valence-corrected chi connectivity index (χ2v) is 8.34. The van der Waals surface area contributed by atoms with Crippen molar-refractivity contribution in [2.75, 3.05) is 0 Å². The van der Waals surface area contributed by atoms with Gasteiger partial charge in [-0.3, -0.25) is 19.6 Å². The lowest BCUT2D eigenvalue weighted by Gasteiger charge is -2.07. The van der Waals surface area contributed by atoms with Crippen LogP contribution in [0.3, 0.4) is 0 Å². The number of carbonyl (C=O) groups is 2. The molecule has 38 heavy (non-hydrogen) atoms. The molecule has 0 saturated carbocycles. The van der Waals surface area contributed by atoms with E-state index in [4.69, 9.17) is 0 Å². The van der Waals surface area contributed by atoms with Crippen molar-refractivity contribution in [3.05, 3.63) is 119 Å². The van der Waals surface area contributed by atoms with Crippen molar-refractivity contribution in [1.82, 2.24) is 40.0 Å². The maximum atomic E-state index is 12.7. The van der Waals surface area contributed by atoms with Gasteiger partial charge in [-0.15, -0.1) is 10.2 Å². The van der Waals surface area contributed by atoms with Crippen LogP contribution in [0.15, 0.2) is 85.5 Å². The average molecular weight is 503 g/mol. The van der Waals surface area contributed by atoms with Crippen molar-refractivity contribution >= 4 is 23.7 Å². The molecule has 5 rings (SSSR count). The smallest absolute Gasteiger partial charge is 0.208 e. The SMILES string of the molecule is Cc1c(C(=O)/C=C/c2ccncc2)nnn1-c1ccc(-n2nnc(C(=O)/C=C/c3ccncc3)c2C)cc1. The summed E-state index contributed by atoms with van der Waals surface area (Å²) >= 11 is 0. The second-order valence-electron chi connectivity index (χ2n) is 8.34. The summed E-state index contributed by atoms with van der Waals surface area (Å²) in [4.78, 5) is 33.3. The van der Waals surface area contributed by atoms with Gasteiger partial charge in [-0.05, 0) is 85.7 Å². The van der Waals surface area contributed by atoms with Gasteiger partial charge in [0.25, 0.3) is 0 Å². The van der Waals surface area contributed by atoms with Gasteiger partial charge in [0.15, 0.2) is 11.4 Å². The highest BCUT2D eigenvalue weighted by molar-refractivity contribution is 6.06. The molecule has 4 heterocycles. The third-order valence-electron chi connectivity index (χ3n) is 5.86. The molecule has 0 bridgehead atoms. The van der Waals surface area contributed by atoms with E-state index in [1.807, 2.05) is 48.5 Å². The Balaban J connectivity index is 1.32. The van der Waals surface area contributed by atoms with E-state index in [0.717, 1.165) is 22.5 Å². The molecular formula is C28H22N8O2. The highest BCUT2D eigenvalue weighted by atomic mass is 16.1. The van der Waals surface area contributed by atoms with E-state index in [-0.39, 0.29) is 23.0 Å².